The molecule has 4 heteroatoms. The first-order valence-corrected chi connectivity index (χ1v) is 9.00. The van der Waals surface area contributed by atoms with Crippen molar-refractivity contribution >= 4 is 5.91 Å². The van der Waals surface area contributed by atoms with E-state index in [1.165, 1.54) is 5.56 Å². The van der Waals surface area contributed by atoms with Gasteiger partial charge in [0.15, 0.2) is 0 Å². The molecule has 4 nitrogen and oxygen atoms in total. The van der Waals surface area contributed by atoms with E-state index >= 15 is 0 Å². The maximum Gasteiger partial charge on any atom is 0.251 e. The van der Waals surface area contributed by atoms with Gasteiger partial charge in [0.25, 0.3) is 5.91 Å². The Hall–Kier alpha value is -2.33. The van der Waals surface area contributed by atoms with Gasteiger partial charge < -0.3 is 15.7 Å². The van der Waals surface area contributed by atoms with Crippen LogP contribution in [0.1, 0.15) is 41.6 Å². The third-order valence-electron chi connectivity index (χ3n) is 5.13. The number of carbonyl (C=O) groups is 1. The predicted molar refractivity (Wildman–Crippen MR) is 99.8 cm³/mol. The monoisotopic (exact) mass is 338 g/mol. The number of phenolic OH excluding ortho intramolecular Hbond substituents is 1. The average molecular weight is 338 g/mol. The van der Waals surface area contributed by atoms with Crippen molar-refractivity contribution in [3.05, 3.63) is 65.7 Å². The number of nitrogens with one attached hydrogen (secondary N) is 2. The Morgan fingerprint density at radius 1 is 1.16 bits per heavy atom. The highest BCUT2D eigenvalue weighted by Crippen LogP contribution is 2.28. The summed E-state index contributed by atoms with van der Waals surface area (Å²) in [6.07, 6.45) is 2.25. The highest BCUT2D eigenvalue weighted by molar-refractivity contribution is 5.94. The molecule has 1 saturated heterocycles. The Balaban J connectivity index is 1.80. The second-order valence-electron chi connectivity index (χ2n) is 6.85. The molecule has 3 rings (SSSR count). The summed E-state index contributed by atoms with van der Waals surface area (Å²) in [7, 11) is 0. The Morgan fingerprint density at radius 2 is 1.88 bits per heavy atom. The minimum Gasteiger partial charge on any atom is -0.508 e. The fraction of sp³-hybridized carbons (Fsp3) is 0.381. The topological polar surface area (TPSA) is 61.4 Å². The van der Waals surface area contributed by atoms with E-state index in [0.717, 1.165) is 25.9 Å². The molecule has 1 aliphatic heterocycles. The Labute approximate surface area is 149 Å². The van der Waals surface area contributed by atoms with Crippen molar-refractivity contribution in [1.82, 2.24) is 10.6 Å². The van der Waals surface area contributed by atoms with Crippen LogP contribution in [0.15, 0.2) is 54.6 Å². The molecule has 2 aromatic rings. The smallest absolute Gasteiger partial charge is 0.251 e. The fourth-order valence-electron chi connectivity index (χ4n) is 3.65. The van der Waals surface area contributed by atoms with Gasteiger partial charge in [0, 0.05) is 17.5 Å². The SMILES string of the molecule is CC(c1ccccc1)C(NC(=O)c1ccc(O)cc1)C1CCCNC1. The lowest BCUT2D eigenvalue weighted by Gasteiger charge is -2.35. The van der Waals surface area contributed by atoms with Crippen LogP contribution in [0.2, 0.25) is 0 Å². The summed E-state index contributed by atoms with van der Waals surface area (Å²) in [4.78, 5) is 12.7. The largest absolute Gasteiger partial charge is 0.508 e. The van der Waals surface area contributed by atoms with Crippen LogP contribution >= 0.6 is 0 Å². The minimum absolute atomic E-state index is 0.0662. The maximum absolute atomic E-state index is 12.7. The molecule has 1 fully saturated rings. The molecule has 0 aliphatic carbocycles. The van der Waals surface area contributed by atoms with E-state index in [-0.39, 0.29) is 23.6 Å². The summed E-state index contributed by atoms with van der Waals surface area (Å²) < 4.78 is 0. The van der Waals surface area contributed by atoms with E-state index < -0.39 is 0 Å². The number of hydrogen-bond acceptors (Lipinski definition) is 3. The lowest BCUT2D eigenvalue weighted by Crippen LogP contribution is -2.48. The average Bonchev–Trinajstić information content (AvgIpc) is 2.67. The first-order valence-electron chi connectivity index (χ1n) is 9.00. The quantitative estimate of drug-likeness (QED) is 0.784. The third kappa shape index (κ3) is 4.40. The Kier molecular flexibility index (Phi) is 5.71. The molecule has 3 unspecified atom stereocenters. The molecule has 0 spiro atoms. The zero-order valence-electron chi connectivity index (χ0n) is 14.6. The third-order valence-corrected chi connectivity index (χ3v) is 5.13. The van der Waals surface area contributed by atoms with Crippen molar-refractivity contribution in [2.24, 2.45) is 5.92 Å². The van der Waals surface area contributed by atoms with Crippen molar-refractivity contribution < 1.29 is 9.90 Å². The Bertz CT molecular complexity index is 679. The number of rotatable bonds is 5. The molecule has 1 heterocycles. The molecule has 3 atom stereocenters. The van der Waals surface area contributed by atoms with E-state index in [4.69, 9.17) is 0 Å². The van der Waals surface area contributed by atoms with Gasteiger partial charge in [0.2, 0.25) is 0 Å². The summed E-state index contributed by atoms with van der Waals surface area (Å²) >= 11 is 0. The van der Waals surface area contributed by atoms with Crippen LogP contribution in [-0.4, -0.2) is 30.1 Å². The van der Waals surface area contributed by atoms with Gasteiger partial charge in [-0.2, -0.15) is 0 Å². The number of hydrogen-bond donors (Lipinski definition) is 3. The van der Waals surface area contributed by atoms with E-state index in [0.29, 0.717) is 11.5 Å². The number of amides is 1. The Morgan fingerprint density at radius 3 is 2.52 bits per heavy atom. The van der Waals surface area contributed by atoms with E-state index in [1.54, 1.807) is 24.3 Å². The molecule has 25 heavy (non-hydrogen) atoms. The lowest BCUT2D eigenvalue weighted by molar-refractivity contribution is 0.0906. The van der Waals surface area contributed by atoms with Crippen molar-refractivity contribution in [2.75, 3.05) is 13.1 Å². The minimum atomic E-state index is -0.0849. The number of aromatic hydroxyl groups is 1. The molecule has 132 valence electrons. The van der Waals surface area contributed by atoms with Gasteiger partial charge in [-0.25, -0.2) is 0 Å². The van der Waals surface area contributed by atoms with Crippen molar-refractivity contribution in [3.8, 4) is 5.75 Å². The first-order chi connectivity index (χ1) is 12.1. The van der Waals surface area contributed by atoms with Gasteiger partial charge in [0.1, 0.15) is 5.75 Å². The summed E-state index contributed by atoms with van der Waals surface area (Å²) in [5.74, 6) is 0.720. The van der Waals surface area contributed by atoms with E-state index in [9.17, 15) is 9.90 Å². The molecular weight excluding hydrogens is 312 g/mol. The number of phenols is 1. The van der Waals surface area contributed by atoms with Gasteiger partial charge in [-0.15, -0.1) is 0 Å². The normalized spacial score (nSPS) is 19.8. The van der Waals surface area contributed by atoms with Crippen LogP contribution in [0.4, 0.5) is 0 Å². The summed E-state index contributed by atoms with van der Waals surface area (Å²) in [6, 6.07) is 16.8. The molecule has 0 radical (unpaired) electrons. The van der Waals surface area contributed by atoms with Gasteiger partial charge in [-0.3, -0.25) is 4.79 Å². The van der Waals surface area contributed by atoms with Crippen molar-refractivity contribution in [3.63, 3.8) is 0 Å². The fourth-order valence-corrected chi connectivity index (χ4v) is 3.65. The maximum atomic E-state index is 12.7. The van der Waals surface area contributed by atoms with Crippen LogP contribution < -0.4 is 10.6 Å². The summed E-state index contributed by atoms with van der Waals surface area (Å²) in [5, 5.41) is 16.1. The van der Waals surface area contributed by atoms with Gasteiger partial charge in [0.05, 0.1) is 0 Å². The van der Waals surface area contributed by atoms with Crippen LogP contribution in [-0.2, 0) is 0 Å². The molecule has 0 aromatic heterocycles. The van der Waals surface area contributed by atoms with Crippen LogP contribution in [0.5, 0.6) is 5.75 Å². The lowest BCUT2D eigenvalue weighted by atomic mass is 9.81. The zero-order chi connectivity index (χ0) is 17.6. The second-order valence-corrected chi connectivity index (χ2v) is 6.85. The molecule has 0 saturated carbocycles. The second kappa shape index (κ2) is 8.17. The van der Waals surface area contributed by atoms with Gasteiger partial charge in [-0.1, -0.05) is 37.3 Å². The zero-order valence-corrected chi connectivity index (χ0v) is 14.6. The molecular formula is C21H26N2O2. The predicted octanol–water partition coefficient (Wildman–Crippen LogP) is 3.29. The highest BCUT2D eigenvalue weighted by atomic mass is 16.3. The molecule has 1 aliphatic rings. The summed E-state index contributed by atoms with van der Waals surface area (Å²) in [6.45, 7) is 4.16. The number of carbonyl (C=O) groups excluding carboxylic acids is 1. The molecule has 3 N–H and O–H groups in total. The van der Waals surface area contributed by atoms with Crippen LogP contribution in [0, 0.1) is 5.92 Å². The van der Waals surface area contributed by atoms with Gasteiger partial charge >= 0.3 is 0 Å². The molecule has 0 bridgehead atoms. The standard InChI is InChI=1S/C21H26N2O2/c1-15(16-6-3-2-4-7-16)20(18-8-5-13-22-14-18)23-21(25)17-9-11-19(24)12-10-17/h2-4,6-7,9-12,15,18,20,22,24H,5,8,13-14H2,1H3,(H,23,25). The molecule has 1 amide bonds. The number of piperidine rings is 1. The van der Waals surface area contributed by atoms with Crippen molar-refractivity contribution in [1.29, 1.82) is 0 Å². The highest BCUT2D eigenvalue weighted by Gasteiger charge is 2.30. The van der Waals surface area contributed by atoms with E-state index in [1.807, 2.05) is 18.2 Å². The number of benzene rings is 2. The summed E-state index contributed by atoms with van der Waals surface area (Å²) in [5.41, 5.74) is 1.82. The van der Waals surface area contributed by atoms with Gasteiger partial charge in [-0.05, 0) is 61.7 Å². The van der Waals surface area contributed by atoms with E-state index in [2.05, 4.69) is 29.7 Å². The van der Waals surface area contributed by atoms with Crippen LogP contribution in [0.3, 0.4) is 0 Å². The first kappa shape index (κ1) is 17.5. The molecule has 2 aromatic carbocycles. The van der Waals surface area contributed by atoms with Crippen LogP contribution in [0.25, 0.3) is 0 Å². The van der Waals surface area contributed by atoms with Crippen molar-refractivity contribution in [2.45, 2.75) is 31.7 Å².